The topological polar surface area (TPSA) is 106 Å². The average molecular weight is 445 g/mol. The number of carbonyl (C=O) groups is 1. The van der Waals surface area contributed by atoms with Crippen LogP contribution in [0.25, 0.3) is 11.5 Å². The first-order valence-electron chi connectivity index (χ1n) is 10.7. The molecule has 0 unspecified atom stereocenters. The summed E-state index contributed by atoms with van der Waals surface area (Å²) in [5, 5.41) is 4.09. The van der Waals surface area contributed by atoms with Crippen molar-refractivity contribution in [1.82, 2.24) is 25.0 Å². The molecule has 0 saturated carbocycles. The fraction of sp³-hybridized carbons (Fsp3) is 0.250. The highest BCUT2D eigenvalue weighted by Gasteiger charge is 2.33. The molecular weight excluding hydrogens is 422 g/mol. The van der Waals surface area contributed by atoms with Crippen LogP contribution in [0.5, 0.6) is 5.75 Å². The molecule has 2 aromatic carbocycles. The Morgan fingerprint density at radius 2 is 1.91 bits per heavy atom. The number of ether oxygens (including phenoxy) is 2. The fourth-order valence-corrected chi connectivity index (χ4v) is 3.69. The van der Waals surface area contributed by atoms with Gasteiger partial charge in [-0.3, -0.25) is 4.79 Å². The van der Waals surface area contributed by atoms with Crippen LogP contribution in [0.1, 0.15) is 23.3 Å². The molecule has 0 spiro atoms. The number of benzene rings is 2. The van der Waals surface area contributed by atoms with Gasteiger partial charge in [-0.2, -0.15) is 4.98 Å². The van der Waals surface area contributed by atoms with Crippen molar-refractivity contribution in [2.45, 2.75) is 12.5 Å². The van der Waals surface area contributed by atoms with Crippen LogP contribution in [-0.4, -0.2) is 57.3 Å². The Hall–Kier alpha value is -3.98. The van der Waals surface area contributed by atoms with Crippen LogP contribution < -0.4 is 4.74 Å². The zero-order valence-corrected chi connectivity index (χ0v) is 17.9. The molecule has 9 heteroatoms. The summed E-state index contributed by atoms with van der Waals surface area (Å²) in [5.74, 6) is 1.98. The van der Waals surface area contributed by atoms with E-state index in [2.05, 4.69) is 20.1 Å². The molecule has 1 aliphatic rings. The first-order valence-corrected chi connectivity index (χ1v) is 10.7. The van der Waals surface area contributed by atoms with E-state index in [1.807, 2.05) is 60.7 Å². The van der Waals surface area contributed by atoms with E-state index < -0.39 is 6.04 Å². The number of carbonyl (C=O) groups excluding carboxylic acids is 1. The van der Waals surface area contributed by atoms with Gasteiger partial charge in [0.25, 0.3) is 11.8 Å². The minimum atomic E-state index is -0.474. The van der Waals surface area contributed by atoms with Gasteiger partial charge in [-0.15, -0.1) is 0 Å². The van der Waals surface area contributed by atoms with E-state index in [0.717, 1.165) is 11.4 Å². The highest BCUT2D eigenvalue weighted by Crippen LogP contribution is 2.25. The van der Waals surface area contributed by atoms with Gasteiger partial charge in [0.15, 0.2) is 6.61 Å². The maximum Gasteiger partial charge on any atom is 0.261 e. The van der Waals surface area contributed by atoms with Gasteiger partial charge in [0.2, 0.25) is 5.82 Å². The molecule has 9 nitrogen and oxygen atoms in total. The lowest BCUT2D eigenvalue weighted by Crippen LogP contribution is -2.45. The first-order chi connectivity index (χ1) is 16.3. The number of aromatic amines is 1. The van der Waals surface area contributed by atoms with Crippen LogP contribution in [-0.2, 0) is 16.0 Å². The number of morpholine rings is 1. The number of aromatic nitrogens is 4. The van der Waals surface area contributed by atoms with Gasteiger partial charge >= 0.3 is 0 Å². The molecule has 1 fully saturated rings. The predicted octanol–water partition coefficient (Wildman–Crippen LogP) is 3.03. The molecule has 1 atom stereocenters. The molecule has 4 aromatic rings. The van der Waals surface area contributed by atoms with E-state index in [4.69, 9.17) is 14.0 Å². The number of hydrogen-bond acceptors (Lipinski definition) is 7. The number of rotatable bonds is 7. The number of nitrogens with zero attached hydrogens (tertiary/aromatic N) is 4. The molecule has 33 heavy (non-hydrogen) atoms. The lowest BCUT2D eigenvalue weighted by Gasteiger charge is -2.33. The Balaban J connectivity index is 1.27. The highest BCUT2D eigenvalue weighted by atomic mass is 16.5. The number of imidazole rings is 1. The second kappa shape index (κ2) is 9.66. The van der Waals surface area contributed by atoms with Crippen molar-refractivity contribution in [3.05, 3.63) is 84.1 Å². The summed E-state index contributed by atoms with van der Waals surface area (Å²) in [6.45, 7) is 1.06. The summed E-state index contributed by atoms with van der Waals surface area (Å²) in [6.07, 6.45) is 2.35. The molecule has 0 radical (unpaired) electrons. The molecular formula is C24H23N5O4. The Labute approximate surface area is 190 Å². The molecule has 0 aliphatic carbocycles. The van der Waals surface area contributed by atoms with Crippen molar-refractivity contribution in [1.29, 1.82) is 0 Å². The molecule has 1 aliphatic heterocycles. The van der Waals surface area contributed by atoms with E-state index in [9.17, 15) is 4.79 Å². The number of hydrogen-bond donors (Lipinski definition) is 1. The van der Waals surface area contributed by atoms with Gasteiger partial charge in [-0.25, -0.2) is 4.98 Å². The van der Waals surface area contributed by atoms with E-state index in [1.165, 1.54) is 0 Å². The zero-order valence-electron chi connectivity index (χ0n) is 17.9. The van der Waals surface area contributed by atoms with Crippen molar-refractivity contribution in [2.24, 2.45) is 0 Å². The molecule has 5 rings (SSSR count). The molecule has 2 aromatic heterocycles. The number of para-hydroxylation sites is 1. The summed E-state index contributed by atoms with van der Waals surface area (Å²) in [6, 6.07) is 18.8. The van der Waals surface area contributed by atoms with Gasteiger partial charge < -0.3 is 23.9 Å². The summed E-state index contributed by atoms with van der Waals surface area (Å²) in [4.78, 5) is 26.7. The highest BCUT2D eigenvalue weighted by molar-refractivity contribution is 5.78. The number of amides is 1. The van der Waals surface area contributed by atoms with Gasteiger partial charge in [-0.05, 0) is 17.7 Å². The number of H-pyrrole nitrogens is 1. The quantitative estimate of drug-likeness (QED) is 0.466. The standard InChI is InChI=1S/C24H23N5O4/c30-22(16-32-18-9-5-2-6-10-18)29-11-12-31-15-20(29)24-27-23(28-33-24)19-14-25-21(26-19)13-17-7-3-1-4-8-17/h1-10,14,20H,11-13,15-16H2,(H,25,26)/t20-/m1/s1. The van der Waals surface area contributed by atoms with Gasteiger partial charge in [0.1, 0.15) is 23.3 Å². The Bertz CT molecular complexity index is 1190. The van der Waals surface area contributed by atoms with E-state index in [0.29, 0.717) is 42.7 Å². The molecule has 3 heterocycles. The largest absolute Gasteiger partial charge is 0.484 e. The van der Waals surface area contributed by atoms with Crippen LogP contribution in [0.3, 0.4) is 0 Å². The minimum absolute atomic E-state index is 0.0785. The van der Waals surface area contributed by atoms with E-state index in [-0.39, 0.29) is 19.1 Å². The fourth-order valence-electron chi connectivity index (χ4n) is 3.69. The van der Waals surface area contributed by atoms with Crippen molar-refractivity contribution < 1.29 is 18.8 Å². The third-order valence-corrected chi connectivity index (χ3v) is 5.36. The maximum absolute atomic E-state index is 12.8. The molecule has 0 bridgehead atoms. The third-order valence-electron chi connectivity index (χ3n) is 5.36. The van der Waals surface area contributed by atoms with Crippen LogP contribution in [0, 0.1) is 0 Å². The van der Waals surface area contributed by atoms with Crippen LogP contribution in [0.2, 0.25) is 0 Å². The van der Waals surface area contributed by atoms with Gasteiger partial charge in [0.05, 0.1) is 19.4 Å². The van der Waals surface area contributed by atoms with Crippen molar-refractivity contribution in [2.75, 3.05) is 26.4 Å². The summed E-state index contributed by atoms with van der Waals surface area (Å²) in [5.41, 5.74) is 1.80. The summed E-state index contributed by atoms with van der Waals surface area (Å²) in [7, 11) is 0. The number of nitrogens with one attached hydrogen (secondary N) is 1. The van der Waals surface area contributed by atoms with Crippen LogP contribution in [0.15, 0.2) is 71.4 Å². The smallest absolute Gasteiger partial charge is 0.261 e. The third kappa shape index (κ3) is 4.93. The molecule has 1 N–H and O–H groups in total. The lowest BCUT2D eigenvalue weighted by atomic mass is 10.1. The summed E-state index contributed by atoms with van der Waals surface area (Å²) < 4.78 is 16.7. The lowest BCUT2D eigenvalue weighted by molar-refractivity contribution is -0.143. The Kier molecular flexibility index (Phi) is 6.12. The van der Waals surface area contributed by atoms with Gasteiger partial charge in [-0.1, -0.05) is 53.7 Å². The second-order valence-electron chi connectivity index (χ2n) is 7.64. The van der Waals surface area contributed by atoms with Crippen molar-refractivity contribution in [3.63, 3.8) is 0 Å². The van der Waals surface area contributed by atoms with E-state index >= 15 is 0 Å². The first kappa shape index (κ1) is 20.9. The molecule has 168 valence electrons. The molecule has 1 saturated heterocycles. The van der Waals surface area contributed by atoms with Crippen LogP contribution in [0.4, 0.5) is 0 Å². The second-order valence-corrected chi connectivity index (χ2v) is 7.64. The Morgan fingerprint density at radius 1 is 1.12 bits per heavy atom. The predicted molar refractivity (Wildman–Crippen MR) is 118 cm³/mol. The van der Waals surface area contributed by atoms with Crippen LogP contribution >= 0.6 is 0 Å². The normalized spacial score (nSPS) is 16.0. The molecule has 1 amide bonds. The zero-order chi connectivity index (χ0) is 22.5. The Morgan fingerprint density at radius 3 is 2.73 bits per heavy atom. The van der Waals surface area contributed by atoms with E-state index in [1.54, 1.807) is 11.1 Å². The monoisotopic (exact) mass is 445 g/mol. The SMILES string of the molecule is O=C(COc1ccccc1)N1CCOC[C@@H]1c1nc(-c2cnc(Cc3ccccc3)[nH]2)no1. The van der Waals surface area contributed by atoms with Crippen molar-refractivity contribution >= 4 is 5.91 Å². The van der Waals surface area contributed by atoms with Gasteiger partial charge in [0, 0.05) is 13.0 Å². The minimum Gasteiger partial charge on any atom is -0.484 e. The van der Waals surface area contributed by atoms with Crippen molar-refractivity contribution in [3.8, 4) is 17.3 Å². The average Bonchev–Trinajstić information content (AvgIpc) is 3.54. The summed E-state index contributed by atoms with van der Waals surface area (Å²) >= 11 is 0. The maximum atomic E-state index is 12.8.